The monoisotopic (exact) mass is 213 g/mol. The van der Waals surface area contributed by atoms with Gasteiger partial charge in [0.05, 0.1) is 0 Å². The van der Waals surface area contributed by atoms with Gasteiger partial charge in [-0.05, 0) is 33.6 Å². The Morgan fingerprint density at radius 1 is 1.40 bits per heavy atom. The van der Waals surface area contributed by atoms with E-state index in [0.29, 0.717) is 6.42 Å². The molecular weight excluding hydrogens is 194 g/mol. The Kier molecular flexibility index (Phi) is 3.07. The van der Waals surface area contributed by atoms with Crippen LogP contribution in [0.2, 0.25) is 0 Å². The second kappa shape index (κ2) is 3.83. The maximum Gasteiger partial charge on any atom is 0.417 e. The molecule has 0 aliphatic carbocycles. The summed E-state index contributed by atoms with van der Waals surface area (Å²) < 4.78 is 5.18. The fraction of sp³-hybridized carbons (Fsp3) is 0.818. The third-order valence-electron chi connectivity index (χ3n) is 2.59. The first kappa shape index (κ1) is 12.0. The Morgan fingerprint density at radius 3 is 2.27 bits per heavy atom. The first-order valence-corrected chi connectivity index (χ1v) is 5.27. The molecule has 1 aliphatic rings. The highest BCUT2D eigenvalue weighted by Gasteiger charge is 2.40. The molecule has 1 aliphatic heterocycles. The van der Waals surface area contributed by atoms with Crippen LogP contribution >= 0.6 is 0 Å². The molecule has 15 heavy (non-hydrogen) atoms. The van der Waals surface area contributed by atoms with Crippen LogP contribution in [0.4, 0.5) is 4.79 Å². The van der Waals surface area contributed by atoms with Crippen LogP contribution in [0.3, 0.4) is 0 Å². The van der Waals surface area contributed by atoms with E-state index < -0.39 is 11.7 Å². The largest absolute Gasteiger partial charge is 0.443 e. The molecule has 0 N–H and O–H groups in total. The summed E-state index contributed by atoms with van der Waals surface area (Å²) in [7, 11) is 0. The van der Waals surface area contributed by atoms with Gasteiger partial charge in [-0.1, -0.05) is 6.92 Å². The number of carbonyl (C=O) groups is 2. The maximum atomic E-state index is 11.7. The average Bonchev–Trinajstić information content (AvgIpc) is 2.22. The second-order valence-corrected chi connectivity index (χ2v) is 5.17. The maximum absolute atomic E-state index is 11.7. The van der Waals surface area contributed by atoms with Gasteiger partial charge in [0.15, 0.2) is 0 Å². The van der Waals surface area contributed by atoms with E-state index in [1.807, 2.05) is 13.8 Å². The Bertz CT molecular complexity index is 280. The summed E-state index contributed by atoms with van der Waals surface area (Å²) in [5.41, 5.74) is -0.553. The van der Waals surface area contributed by atoms with Crippen molar-refractivity contribution in [2.24, 2.45) is 5.92 Å². The van der Waals surface area contributed by atoms with E-state index in [-0.39, 0.29) is 17.9 Å². The van der Waals surface area contributed by atoms with E-state index in [4.69, 9.17) is 4.74 Å². The summed E-state index contributed by atoms with van der Waals surface area (Å²) in [6.07, 6.45) is -0.0928. The van der Waals surface area contributed by atoms with E-state index in [2.05, 4.69) is 0 Å². The number of ether oxygens (including phenoxy) is 1. The molecular formula is C11H19NO3. The molecule has 1 fully saturated rings. The summed E-state index contributed by atoms with van der Waals surface area (Å²) in [4.78, 5) is 24.5. The van der Waals surface area contributed by atoms with Gasteiger partial charge in [0, 0.05) is 12.5 Å². The molecule has 4 heteroatoms. The van der Waals surface area contributed by atoms with Gasteiger partial charge in [-0.2, -0.15) is 0 Å². The fourth-order valence-electron chi connectivity index (χ4n) is 1.61. The first-order valence-electron chi connectivity index (χ1n) is 5.27. The van der Waals surface area contributed by atoms with Crippen molar-refractivity contribution in [1.29, 1.82) is 0 Å². The zero-order chi connectivity index (χ0) is 11.8. The second-order valence-electron chi connectivity index (χ2n) is 5.17. The van der Waals surface area contributed by atoms with E-state index in [9.17, 15) is 9.59 Å². The molecule has 4 nitrogen and oxygen atoms in total. The number of hydrogen-bond acceptors (Lipinski definition) is 3. The summed E-state index contributed by atoms with van der Waals surface area (Å²) in [6, 6.07) is -0.0626. The minimum atomic E-state index is -0.553. The lowest BCUT2D eigenvalue weighted by Gasteiger charge is -2.26. The van der Waals surface area contributed by atoms with Crippen molar-refractivity contribution < 1.29 is 14.3 Å². The molecule has 86 valence electrons. The predicted molar refractivity (Wildman–Crippen MR) is 56.3 cm³/mol. The minimum Gasteiger partial charge on any atom is -0.443 e. The molecule has 0 bridgehead atoms. The number of imide groups is 1. The van der Waals surface area contributed by atoms with E-state index in [0.717, 1.165) is 0 Å². The summed E-state index contributed by atoms with van der Waals surface area (Å²) in [6.45, 7) is 9.21. The van der Waals surface area contributed by atoms with E-state index in [1.165, 1.54) is 4.90 Å². The van der Waals surface area contributed by atoms with Crippen LogP contribution in [-0.4, -0.2) is 28.5 Å². The first-order chi connectivity index (χ1) is 6.72. The highest BCUT2D eigenvalue weighted by molar-refractivity contribution is 5.94. The van der Waals surface area contributed by atoms with Crippen molar-refractivity contribution in [2.45, 2.75) is 52.7 Å². The zero-order valence-corrected chi connectivity index (χ0v) is 10.0. The number of amides is 2. The standard InChI is InChI=1S/C11H19NO3/c1-7-6-9(13)12(8(7)2)10(14)15-11(3,4)5/h7-8H,6H2,1-5H3/t7?,8-/m0/s1. The fourth-order valence-corrected chi connectivity index (χ4v) is 1.61. The molecule has 0 aromatic carbocycles. The third-order valence-corrected chi connectivity index (χ3v) is 2.59. The van der Waals surface area contributed by atoms with Crippen molar-refractivity contribution in [3.63, 3.8) is 0 Å². The van der Waals surface area contributed by atoms with Gasteiger partial charge in [-0.15, -0.1) is 0 Å². The van der Waals surface area contributed by atoms with Crippen LogP contribution < -0.4 is 0 Å². The highest BCUT2D eigenvalue weighted by Crippen LogP contribution is 2.26. The number of rotatable bonds is 0. The molecule has 1 unspecified atom stereocenters. The molecule has 0 spiro atoms. The lowest BCUT2D eigenvalue weighted by molar-refractivity contribution is -0.127. The minimum absolute atomic E-state index is 0.0626. The smallest absolute Gasteiger partial charge is 0.417 e. The van der Waals surface area contributed by atoms with Gasteiger partial charge < -0.3 is 4.74 Å². The predicted octanol–water partition coefficient (Wildman–Crippen LogP) is 2.18. The Hall–Kier alpha value is -1.06. The van der Waals surface area contributed by atoms with Gasteiger partial charge in [-0.3, -0.25) is 4.79 Å². The van der Waals surface area contributed by atoms with Crippen molar-refractivity contribution in [3.05, 3.63) is 0 Å². The molecule has 0 saturated carbocycles. The molecule has 0 aromatic rings. The van der Waals surface area contributed by atoms with Crippen molar-refractivity contribution in [3.8, 4) is 0 Å². The molecule has 1 rings (SSSR count). The summed E-state index contributed by atoms with van der Waals surface area (Å²) in [5, 5.41) is 0. The van der Waals surface area contributed by atoms with Crippen molar-refractivity contribution in [2.75, 3.05) is 0 Å². The lowest BCUT2D eigenvalue weighted by atomic mass is 10.1. The summed E-state index contributed by atoms with van der Waals surface area (Å²) in [5.74, 6) is 0.0780. The third kappa shape index (κ3) is 2.70. The van der Waals surface area contributed by atoms with Gasteiger partial charge >= 0.3 is 6.09 Å². The molecule has 2 amide bonds. The number of nitrogens with zero attached hydrogens (tertiary/aromatic N) is 1. The number of hydrogen-bond donors (Lipinski definition) is 0. The number of carbonyl (C=O) groups excluding carboxylic acids is 2. The van der Waals surface area contributed by atoms with Crippen LogP contribution in [0.15, 0.2) is 0 Å². The van der Waals surface area contributed by atoms with Crippen LogP contribution in [0, 0.1) is 5.92 Å². The molecule has 1 heterocycles. The molecule has 0 radical (unpaired) electrons. The van der Waals surface area contributed by atoms with Crippen LogP contribution in [0.25, 0.3) is 0 Å². The van der Waals surface area contributed by atoms with Crippen LogP contribution in [0.1, 0.15) is 41.0 Å². The highest BCUT2D eigenvalue weighted by atomic mass is 16.6. The lowest BCUT2D eigenvalue weighted by Crippen LogP contribution is -2.41. The van der Waals surface area contributed by atoms with Crippen LogP contribution in [-0.2, 0) is 9.53 Å². The Balaban J connectivity index is 2.72. The Labute approximate surface area is 90.6 Å². The normalized spacial score (nSPS) is 27.0. The van der Waals surface area contributed by atoms with Crippen molar-refractivity contribution in [1.82, 2.24) is 4.90 Å². The molecule has 2 atom stereocenters. The topological polar surface area (TPSA) is 46.6 Å². The van der Waals surface area contributed by atoms with E-state index >= 15 is 0 Å². The average molecular weight is 213 g/mol. The van der Waals surface area contributed by atoms with Crippen LogP contribution in [0.5, 0.6) is 0 Å². The van der Waals surface area contributed by atoms with Gasteiger partial charge in [0.1, 0.15) is 5.60 Å². The van der Waals surface area contributed by atoms with Gasteiger partial charge in [0.2, 0.25) is 5.91 Å². The SMILES string of the molecule is CC1CC(=O)N(C(=O)OC(C)(C)C)[C@H]1C. The van der Waals surface area contributed by atoms with E-state index in [1.54, 1.807) is 20.8 Å². The van der Waals surface area contributed by atoms with Crippen molar-refractivity contribution >= 4 is 12.0 Å². The Morgan fingerprint density at radius 2 is 1.93 bits per heavy atom. The van der Waals surface area contributed by atoms with Gasteiger partial charge in [-0.25, -0.2) is 9.69 Å². The quantitative estimate of drug-likeness (QED) is 0.619. The van der Waals surface area contributed by atoms with Gasteiger partial charge in [0.25, 0.3) is 0 Å². The summed E-state index contributed by atoms with van der Waals surface area (Å²) >= 11 is 0. The molecule has 0 aromatic heterocycles. The number of likely N-dealkylation sites (tertiary alicyclic amines) is 1. The zero-order valence-electron chi connectivity index (χ0n) is 10.0. The molecule has 1 saturated heterocycles.